The SMILES string of the molecule is CC[C@H](C)[C@H](NC(C)=O)C(=O)N[C@H]1CSSC[C@@H](C(=O)N[C@H](C(=O)O)[C@@H](C)O)NC(=O)[C@H](CCCNC(=N)N)NC(=O)[C@@H](Cc2c[nH]cn2)NC(=O)[C@H](C)NC(=O)CNC(=O)[C@H](Cc2c[nH]c3ccccc23)NC(=O)[C@H](CC(=O)O)NC(=O)[C@H](CCC(N)=O)NC(=O)[C@H](Cc2c[nH]c3ccccc23)NC(=O)[C@H](C(C)C)NC1=O. The van der Waals surface area contributed by atoms with Crippen LogP contribution < -0.4 is 85.9 Å². The Balaban J connectivity index is 1.47. The molecule has 1 saturated heterocycles. The number of carbonyl (C=O) groups excluding carboxylic acids is 14. The van der Waals surface area contributed by atoms with Crippen LogP contribution in [0.15, 0.2) is 73.4 Å². The van der Waals surface area contributed by atoms with Crippen molar-refractivity contribution in [3.8, 4) is 0 Å². The zero-order chi connectivity index (χ0) is 83.3. The first-order chi connectivity index (χ1) is 53.5. The third-order valence-electron chi connectivity index (χ3n) is 18.2. The molecule has 0 bridgehead atoms. The lowest BCUT2D eigenvalue weighted by molar-refractivity contribution is -0.145. The van der Waals surface area contributed by atoms with Gasteiger partial charge in [0, 0.05) is 91.1 Å². The summed E-state index contributed by atoms with van der Waals surface area (Å²) in [6.07, 6.45) is 0.607. The molecule has 0 spiro atoms. The predicted octanol–water partition coefficient (Wildman–Crippen LogP) is -4.06. The Bertz CT molecular complexity index is 4250. The number of benzene rings is 2. The Kier molecular flexibility index (Phi) is 34.8. The number of aliphatic hydroxyl groups excluding tert-OH is 1. The van der Waals surface area contributed by atoms with Crippen molar-refractivity contribution in [3.05, 3.63) is 90.3 Å². The lowest BCUT2D eigenvalue weighted by Crippen LogP contribution is -2.61. The molecule has 42 heteroatoms. The standard InChI is InChI=1S/C71H99N21O19S2/c1-8-34(4)57(82-37(7)94)69(109)90-52-31-113-112-30-51(67(107)92-58(36(6)93)70(110)111)89-61(101)45(18-13-21-76-71(73)74)83-64(104)49(24-40-28-75-32-80-40)85-59(99)35(5)81-54(96)29-79-60(100)47(22-38-26-77-43-16-11-9-14-41(38)43)86-65(105)50(25-55(97)98)87-62(102)46(19-20-53(72)95)84-63(103)48(88-68(108)56(33(2)3)91-66(52)106)23-39-27-78-44-17-12-10-15-42(39)44/h9-12,14-17,26-28,32-36,45-52,56-58,77-78,93H,8,13,18-25,29-31H2,1-7H3,(H2,72,95)(H,75,80)(H,79,100)(H,81,96)(H,82,94)(H,83,104)(H,84,103)(H,85,99)(H,86,105)(H,87,102)(H,88,108)(H,89,101)(H,90,109)(H,91,106)(H,92,107)(H,97,98)(H,110,111)(H4,73,74,76)/t34-,35-,36+,45-,46-,47-,48-,49+,50-,51-,52-,56-,57-,58-/m0/s1. The fourth-order valence-corrected chi connectivity index (χ4v) is 14.1. The molecule has 0 aliphatic carbocycles. The fourth-order valence-electron chi connectivity index (χ4n) is 11.8. The summed E-state index contributed by atoms with van der Waals surface area (Å²) in [6, 6.07) is -6.66. The van der Waals surface area contributed by atoms with E-state index in [9.17, 15) is 77.6 Å². The number of hydrogen-bond donors (Lipinski definition) is 23. The molecule has 4 heterocycles. The van der Waals surface area contributed by atoms with Gasteiger partial charge >= 0.3 is 11.9 Å². The fraction of sp³-hybridized carbons (Fsp3) is 0.493. The number of guanidine groups is 1. The van der Waals surface area contributed by atoms with E-state index >= 15 is 14.4 Å². The number of carbonyl (C=O) groups is 16. The number of amides is 14. The molecule has 614 valence electrons. The van der Waals surface area contributed by atoms with Gasteiger partial charge in [-0.05, 0) is 68.2 Å². The maximum Gasteiger partial charge on any atom is 0.328 e. The van der Waals surface area contributed by atoms with Crippen LogP contribution in [0.25, 0.3) is 21.8 Å². The Morgan fingerprint density at radius 3 is 1.70 bits per heavy atom. The number of aliphatic carboxylic acids is 2. The highest BCUT2D eigenvalue weighted by Crippen LogP contribution is 2.26. The van der Waals surface area contributed by atoms with Crippen LogP contribution in [0, 0.1) is 17.2 Å². The van der Waals surface area contributed by atoms with Crippen molar-refractivity contribution in [2.45, 2.75) is 185 Å². The summed E-state index contributed by atoms with van der Waals surface area (Å²) in [6.45, 7) is 8.95. The summed E-state index contributed by atoms with van der Waals surface area (Å²) in [5.41, 5.74) is 13.3. The number of H-pyrrole nitrogens is 3. The largest absolute Gasteiger partial charge is 0.481 e. The van der Waals surface area contributed by atoms with Gasteiger partial charge in [0.25, 0.3) is 0 Å². The lowest BCUT2D eigenvalue weighted by atomic mass is 9.97. The summed E-state index contributed by atoms with van der Waals surface area (Å²) in [4.78, 5) is 238. The third-order valence-corrected chi connectivity index (χ3v) is 20.6. The number of rotatable bonds is 25. The minimum atomic E-state index is -2.06. The first-order valence-corrected chi connectivity index (χ1v) is 38.7. The van der Waals surface area contributed by atoms with Crippen LogP contribution in [-0.4, -0.2) is 239 Å². The number of carboxylic acids is 2. The molecule has 5 aromatic rings. The van der Waals surface area contributed by atoms with Crippen molar-refractivity contribution in [1.29, 1.82) is 5.41 Å². The van der Waals surface area contributed by atoms with Gasteiger partial charge in [-0.3, -0.25) is 77.3 Å². The molecular weight excluding hydrogens is 1520 g/mol. The molecule has 25 N–H and O–H groups in total. The highest BCUT2D eigenvalue weighted by molar-refractivity contribution is 8.76. The Morgan fingerprint density at radius 1 is 0.619 bits per heavy atom. The molecule has 40 nitrogen and oxygen atoms in total. The van der Waals surface area contributed by atoms with Crippen LogP contribution in [0.2, 0.25) is 0 Å². The van der Waals surface area contributed by atoms with Gasteiger partial charge in [-0.1, -0.05) is 92.1 Å². The normalized spacial score (nSPS) is 22.7. The minimum absolute atomic E-state index is 0.0204. The zero-order valence-corrected chi connectivity index (χ0v) is 64.7. The van der Waals surface area contributed by atoms with Crippen LogP contribution in [0.3, 0.4) is 0 Å². The van der Waals surface area contributed by atoms with Crippen LogP contribution >= 0.6 is 21.6 Å². The van der Waals surface area contributed by atoms with Gasteiger partial charge in [-0.2, -0.15) is 0 Å². The highest BCUT2D eigenvalue weighted by atomic mass is 33.1. The van der Waals surface area contributed by atoms with E-state index in [2.05, 4.69) is 94.4 Å². The molecule has 1 fully saturated rings. The number of carboxylic acid groups (broad SMARTS) is 2. The Hall–Kier alpha value is -11.8. The molecular formula is C71H99N21O19S2. The van der Waals surface area contributed by atoms with Gasteiger partial charge < -0.3 is 116 Å². The maximum atomic E-state index is 15.1. The van der Waals surface area contributed by atoms with E-state index in [0.717, 1.165) is 28.5 Å². The average molecular weight is 1610 g/mol. The van der Waals surface area contributed by atoms with Crippen molar-refractivity contribution >= 4 is 144 Å². The number of aliphatic hydroxyl groups is 1. The molecule has 1 aliphatic heterocycles. The number of aromatic nitrogens is 4. The first kappa shape index (κ1) is 90.1. The number of nitrogens with one attached hydrogen (secondary N) is 18. The van der Waals surface area contributed by atoms with Crippen LogP contribution in [0.4, 0.5) is 0 Å². The number of aromatic amines is 3. The summed E-state index contributed by atoms with van der Waals surface area (Å²) >= 11 is 0. The lowest BCUT2D eigenvalue weighted by Gasteiger charge is -2.29. The van der Waals surface area contributed by atoms with Crippen LogP contribution in [0.1, 0.15) is 104 Å². The van der Waals surface area contributed by atoms with E-state index in [-0.39, 0.29) is 44.3 Å². The number of nitrogens with two attached hydrogens (primary N) is 2. The van der Waals surface area contributed by atoms with Gasteiger partial charge in [0.15, 0.2) is 12.0 Å². The van der Waals surface area contributed by atoms with Crippen LogP contribution in [-0.2, 0) is 96.0 Å². The van der Waals surface area contributed by atoms with Crippen molar-refractivity contribution in [3.63, 3.8) is 0 Å². The minimum Gasteiger partial charge on any atom is -0.481 e. The molecule has 14 amide bonds. The van der Waals surface area contributed by atoms with E-state index in [1.54, 1.807) is 68.6 Å². The van der Waals surface area contributed by atoms with Crippen molar-refractivity contribution < 1.29 is 92.0 Å². The first-order valence-electron chi connectivity index (χ1n) is 36.2. The van der Waals surface area contributed by atoms with E-state index in [0.29, 0.717) is 39.4 Å². The van der Waals surface area contributed by atoms with Crippen molar-refractivity contribution in [2.24, 2.45) is 23.3 Å². The van der Waals surface area contributed by atoms with Gasteiger partial charge in [0.1, 0.15) is 66.5 Å². The summed E-state index contributed by atoms with van der Waals surface area (Å²) in [5, 5.41) is 74.6. The quantitative estimate of drug-likeness (QED) is 0.0114. The highest BCUT2D eigenvalue weighted by Gasteiger charge is 2.39. The van der Waals surface area contributed by atoms with E-state index in [4.69, 9.17) is 16.9 Å². The number of imidazole rings is 1. The number of primary amides is 1. The molecule has 0 saturated carbocycles. The van der Waals surface area contributed by atoms with E-state index in [1.165, 1.54) is 46.4 Å². The molecule has 0 radical (unpaired) electrons. The number of para-hydroxylation sites is 2. The number of hydrogen-bond acceptors (Lipinski definition) is 21. The summed E-state index contributed by atoms with van der Waals surface area (Å²) in [5.74, 6) is -20.7. The molecule has 14 atom stereocenters. The number of nitrogens with zero attached hydrogens (tertiary/aromatic N) is 1. The zero-order valence-electron chi connectivity index (χ0n) is 63.1. The second kappa shape index (κ2) is 43.7. The second-order valence-corrected chi connectivity index (χ2v) is 30.0. The molecule has 6 rings (SSSR count). The van der Waals surface area contributed by atoms with Gasteiger partial charge in [-0.25, -0.2) is 9.78 Å². The second-order valence-electron chi connectivity index (χ2n) is 27.4. The van der Waals surface area contributed by atoms with Gasteiger partial charge in [-0.15, -0.1) is 0 Å². The average Bonchev–Trinajstić information content (AvgIpc) is 1.73. The van der Waals surface area contributed by atoms with E-state index < -0.39 is 228 Å². The van der Waals surface area contributed by atoms with Crippen molar-refractivity contribution in [2.75, 3.05) is 24.6 Å². The van der Waals surface area contributed by atoms with Crippen LogP contribution in [0.5, 0.6) is 0 Å². The summed E-state index contributed by atoms with van der Waals surface area (Å²) < 4.78 is 0. The van der Waals surface area contributed by atoms with Crippen molar-refractivity contribution in [1.82, 2.24) is 94.4 Å². The molecule has 113 heavy (non-hydrogen) atoms. The van der Waals surface area contributed by atoms with Gasteiger partial charge in [0.05, 0.1) is 31.1 Å². The molecule has 1 aliphatic rings. The summed E-state index contributed by atoms with van der Waals surface area (Å²) in [7, 11) is 1.59. The molecule has 0 unspecified atom stereocenters. The molecule has 2 aromatic carbocycles. The Morgan fingerprint density at radius 2 is 1.15 bits per heavy atom. The molecule has 3 aromatic heterocycles. The topological polar surface area (TPSA) is 638 Å². The number of fused-ring (bicyclic) bond motifs is 2. The monoisotopic (exact) mass is 1610 g/mol. The third kappa shape index (κ3) is 28.2. The van der Waals surface area contributed by atoms with E-state index in [1.807, 2.05) is 0 Å². The predicted molar refractivity (Wildman–Crippen MR) is 412 cm³/mol. The Labute approximate surface area is 655 Å². The maximum absolute atomic E-state index is 15.1. The smallest absolute Gasteiger partial charge is 0.328 e. The van der Waals surface area contributed by atoms with Gasteiger partial charge in [0.2, 0.25) is 82.7 Å².